The van der Waals surface area contributed by atoms with Crippen molar-refractivity contribution >= 4 is 17.2 Å². The van der Waals surface area contributed by atoms with Crippen molar-refractivity contribution in [2.24, 2.45) is 0 Å². The van der Waals surface area contributed by atoms with E-state index in [-0.39, 0.29) is 11.9 Å². The number of aryl methyl sites for hydroxylation is 1. The summed E-state index contributed by atoms with van der Waals surface area (Å²) in [4.78, 5) is 26.1. The van der Waals surface area contributed by atoms with Crippen molar-refractivity contribution < 1.29 is 4.79 Å². The second kappa shape index (κ2) is 7.31. The van der Waals surface area contributed by atoms with E-state index >= 15 is 0 Å². The van der Waals surface area contributed by atoms with Gasteiger partial charge >= 0.3 is 0 Å². The smallest absolute Gasteiger partial charge is 0.263 e. The first-order valence-electron chi connectivity index (χ1n) is 8.56. The predicted octanol–water partition coefficient (Wildman–Crippen LogP) is 2.53. The lowest BCUT2D eigenvalue weighted by Gasteiger charge is -2.27. The highest BCUT2D eigenvalue weighted by Gasteiger charge is 2.22. The lowest BCUT2D eigenvalue weighted by atomic mass is 9.94. The maximum atomic E-state index is 12.7. The summed E-state index contributed by atoms with van der Waals surface area (Å²) in [6.45, 7) is 3.31. The quantitative estimate of drug-likeness (QED) is 0.743. The van der Waals surface area contributed by atoms with Gasteiger partial charge in [-0.05, 0) is 37.1 Å². The molecule has 7 heteroatoms. The monoisotopic (exact) mass is 365 g/mol. The molecule has 0 fully saturated rings. The molecule has 3 heterocycles. The van der Waals surface area contributed by atoms with Crippen LogP contribution in [0.2, 0.25) is 0 Å². The van der Waals surface area contributed by atoms with Crippen molar-refractivity contribution in [3.8, 4) is 10.8 Å². The maximum absolute atomic E-state index is 12.7. The Labute approximate surface area is 155 Å². The van der Waals surface area contributed by atoms with E-state index in [1.807, 2.05) is 13.0 Å². The molecule has 1 amide bonds. The molecule has 0 radical (unpaired) electrons. The number of thiazole rings is 1. The Morgan fingerprint density at radius 1 is 1.27 bits per heavy atom. The summed E-state index contributed by atoms with van der Waals surface area (Å²) in [5.41, 5.74) is 3.31. The van der Waals surface area contributed by atoms with Gasteiger partial charge < -0.3 is 10.6 Å². The van der Waals surface area contributed by atoms with Crippen molar-refractivity contribution in [3.05, 3.63) is 64.4 Å². The van der Waals surface area contributed by atoms with Crippen molar-refractivity contribution in [3.63, 3.8) is 0 Å². The molecule has 3 aromatic rings. The van der Waals surface area contributed by atoms with Crippen molar-refractivity contribution in [2.75, 3.05) is 13.1 Å². The normalized spacial score (nSPS) is 16.1. The minimum absolute atomic E-state index is 0.105. The van der Waals surface area contributed by atoms with Gasteiger partial charge in [0, 0.05) is 25.0 Å². The van der Waals surface area contributed by atoms with E-state index < -0.39 is 0 Å². The van der Waals surface area contributed by atoms with Gasteiger partial charge in [0.1, 0.15) is 4.88 Å². The Balaban J connectivity index is 1.47. The second-order valence-electron chi connectivity index (χ2n) is 6.17. The van der Waals surface area contributed by atoms with Gasteiger partial charge in [-0.1, -0.05) is 24.3 Å². The van der Waals surface area contributed by atoms with Crippen LogP contribution in [0.5, 0.6) is 0 Å². The van der Waals surface area contributed by atoms with E-state index in [4.69, 9.17) is 0 Å². The number of aromatic nitrogens is 3. The first-order valence-corrected chi connectivity index (χ1v) is 9.38. The second-order valence-corrected chi connectivity index (χ2v) is 7.17. The van der Waals surface area contributed by atoms with Crippen LogP contribution in [-0.2, 0) is 6.42 Å². The molecule has 4 rings (SSSR count). The summed E-state index contributed by atoms with van der Waals surface area (Å²) >= 11 is 1.32. The third-order valence-corrected chi connectivity index (χ3v) is 5.59. The highest BCUT2D eigenvalue weighted by molar-refractivity contribution is 7.17. The Bertz CT molecular complexity index is 925. The van der Waals surface area contributed by atoms with Crippen molar-refractivity contribution in [2.45, 2.75) is 19.4 Å². The van der Waals surface area contributed by atoms with Crippen molar-refractivity contribution in [1.29, 1.82) is 0 Å². The van der Waals surface area contributed by atoms with Gasteiger partial charge in [0.15, 0.2) is 10.8 Å². The van der Waals surface area contributed by atoms with Gasteiger partial charge in [-0.2, -0.15) is 0 Å². The maximum Gasteiger partial charge on any atom is 0.263 e. The third-order valence-electron chi connectivity index (χ3n) is 4.44. The Hall–Kier alpha value is -2.64. The van der Waals surface area contributed by atoms with Crippen molar-refractivity contribution in [1.82, 2.24) is 25.6 Å². The summed E-state index contributed by atoms with van der Waals surface area (Å²) in [7, 11) is 0. The SMILES string of the molecule is Cc1nc(-c2ncccn2)sc1C(=O)NCC1NCCc2ccccc21. The van der Waals surface area contributed by atoms with Crippen LogP contribution >= 0.6 is 11.3 Å². The number of benzene rings is 1. The number of hydrogen-bond donors (Lipinski definition) is 2. The lowest BCUT2D eigenvalue weighted by molar-refractivity contribution is 0.0952. The van der Waals surface area contributed by atoms with Crippen LogP contribution in [0.4, 0.5) is 0 Å². The van der Waals surface area contributed by atoms with Gasteiger partial charge in [0.25, 0.3) is 5.91 Å². The molecule has 1 unspecified atom stereocenters. The van der Waals surface area contributed by atoms with Crippen LogP contribution in [0.1, 0.15) is 32.5 Å². The fraction of sp³-hybridized carbons (Fsp3) is 0.263. The first kappa shape index (κ1) is 16.8. The van der Waals surface area contributed by atoms with E-state index in [0.717, 1.165) is 13.0 Å². The fourth-order valence-corrected chi connectivity index (χ4v) is 4.09. The topological polar surface area (TPSA) is 79.8 Å². The molecule has 0 spiro atoms. The molecule has 2 aromatic heterocycles. The van der Waals surface area contributed by atoms with Gasteiger partial charge in [-0.3, -0.25) is 4.79 Å². The number of rotatable bonds is 4. The molecule has 1 atom stereocenters. The Kier molecular flexibility index (Phi) is 4.73. The molecular formula is C19H19N5OS. The summed E-state index contributed by atoms with van der Waals surface area (Å²) in [6, 6.07) is 10.3. The third kappa shape index (κ3) is 3.36. The number of fused-ring (bicyclic) bond motifs is 1. The van der Waals surface area contributed by atoms with Gasteiger partial charge in [-0.25, -0.2) is 15.0 Å². The lowest BCUT2D eigenvalue weighted by Crippen LogP contribution is -2.38. The zero-order valence-corrected chi connectivity index (χ0v) is 15.2. The standard InChI is InChI=1S/C19H19N5OS/c1-12-16(26-19(24-12)17-21-8-4-9-22-17)18(25)23-11-15-14-6-3-2-5-13(14)7-10-20-15/h2-6,8-9,15,20H,7,10-11H2,1H3,(H,23,25). The number of nitrogens with zero attached hydrogens (tertiary/aromatic N) is 3. The fourth-order valence-electron chi connectivity index (χ4n) is 3.16. The molecule has 132 valence electrons. The van der Waals surface area contributed by atoms with Crippen LogP contribution in [-0.4, -0.2) is 33.9 Å². The van der Waals surface area contributed by atoms with Crippen LogP contribution in [0, 0.1) is 6.92 Å². The van der Waals surface area contributed by atoms with Gasteiger partial charge in [0.2, 0.25) is 0 Å². The highest BCUT2D eigenvalue weighted by atomic mass is 32.1. The van der Waals surface area contributed by atoms with E-state index in [2.05, 4.69) is 43.8 Å². The highest BCUT2D eigenvalue weighted by Crippen LogP contribution is 2.26. The molecule has 0 saturated carbocycles. The molecule has 1 aliphatic heterocycles. The van der Waals surface area contributed by atoms with Crippen LogP contribution in [0.3, 0.4) is 0 Å². The summed E-state index contributed by atoms with van der Waals surface area (Å²) in [5.74, 6) is 0.439. The molecule has 0 saturated heterocycles. The molecular weight excluding hydrogens is 346 g/mol. The number of carbonyl (C=O) groups excluding carboxylic acids is 1. The number of nitrogens with one attached hydrogen (secondary N) is 2. The largest absolute Gasteiger partial charge is 0.349 e. The molecule has 1 aliphatic rings. The first-order chi connectivity index (χ1) is 12.7. The van der Waals surface area contributed by atoms with Crippen LogP contribution < -0.4 is 10.6 Å². The average molecular weight is 365 g/mol. The molecule has 6 nitrogen and oxygen atoms in total. The summed E-state index contributed by atoms with van der Waals surface area (Å²) in [5, 5.41) is 7.19. The van der Waals surface area contributed by atoms with Gasteiger partial charge in [0.05, 0.1) is 5.69 Å². The van der Waals surface area contributed by atoms with Gasteiger partial charge in [-0.15, -0.1) is 11.3 Å². The molecule has 0 bridgehead atoms. The predicted molar refractivity (Wildman–Crippen MR) is 101 cm³/mol. The van der Waals surface area contributed by atoms with E-state index in [9.17, 15) is 4.79 Å². The Morgan fingerprint density at radius 3 is 2.92 bits per heavy atom. The molecule has 26 heavy (non-hydrogen) atoms. The molecule has 1 aromatic carbocycles. The minimum Gasteiger partial charge on any atom is -0.349 e. The average Bonchev–Trinajstić information content (AvgIpc) is 3.08. The van der Waals surface area contributed by atoms with E-state index in [1.54, 1.807) is 18.5 Å². The molecule has 2 N–H and O–H groups in total. The minimum atomic E-state index is -0.105. The zero-order chi connectivity index (χ0) is 17.9. The van der Waals surface area contributed by atoms with Crippen LogP contribution in [0.25, 0.3) is 10.8 Å². The van der Waals surface area contributed by atoms with E-state index in [0.29, 0.717) is 27.9 Å². The van der Waals surface area contributed by atoms with Crippen LogP contribution in [0.15, 0.2) is 42.7 Å². The summed E-state index contributed by atoms with van der Waals surface area (Å²) in [6.07, 6.45) is 4.37. The zero-order valence-electron chi connectivity index (χ0n) is 14.4. The Morgan fingerprint density at radius 2 is 2.08 bits per heavy atom. The number of hydrogen-bond acceptors (Lipinski definition) is 6. The number of carbonyl (C=O) groups is 1. The summed E-state index contributed by atoms with van der Waals surface area (Å²) < 4.78 is 0. The molecule has 0 aliphatic carbocycles. The number of amides is 1. The van der Waals surface area contributed by atoms with E-state index in [1.165, 1.54) is 22.5 Å².